The summed E-state index contributed by atoms with van der Waals surface area (Å²) in [5.74, 6) is 1.02. The van der Waals surface area contributed by atoms with Crippen molar-refractivity contribution >= 4 is 0 Å². The van der Waals surface area contributed by atoms with Gasteiger partial charge in [0.2, 0.25) is 0 Å². The normalized spacial score (nSPS) is 12.5. The van der Waals surface area contributed by atoms with E-state index in [0.717, 1.165) is 17.2 Å². The fourth-order valence-corrected chi connectivity index (χ4v) is 2.63. The Morgan fingerprint density at radius 2 is 1.60 bits per heavy atom. The van der Waals surface area contributed by atoms with Gasteiger partial charge in [0, 0.05) is 23.7 Å². The first kappa shape index (κ1) is 14.7. The van der Waals surface area contributed by atoms with Crippen LogP contribution in [0.25, 0.3) is 11.3 Å². The molecule has 2 rings (SSSR count). The smallest absolute Gasteiger partial charge is 0.133 e. The molecule has 106 valence electrons. The maximum absolute atomic E-state index is 5.74. The van der Waals surface area contributed by atoms with Gasteiger partial charge in [-0.25, -0.2) is 9.97 Å². The van der Waals surface area contributed by atoms with E-state index in [1.54, 1.807) is 0 Å². The van der Waals surface area contributed by atoms with Crippen LogP contribution in [0.15, 0.2) is 18.2 Å². The van der Waals surface area contributed by atoms with Crippen LogP contribution in [0.3, 0.4) is 0 Å². The van der Waals surface area contributed by atoms with Crippen LogP contribution in [0.5, 0.6) is 0 Å². The predicted octanol–water partition coefficient (Wildman–Crippen LogP) is 3.44. The summed E-state index contributed by atoms with van der Waals surface area (Å²) in [5.41, 5.74) is 12.7. The van der Waals surface area contributed by atoms with Gasteiger partial charge in [0.15, 0.2) is 0 Å². The molecule has 20 heavy (non-hydrogen) atoms. The fraction of sp³-hybridized carbons (Fsp3) is 0.412. The van der Waals surface area contributed by atoms with Crippen molar-refractivity contribution in [2.75, 3.05) is 6.54 Å². The molecule has 3 heteroatoms. The third-order valence-electron chi connectivity index (χ3n) is 3.60. The molecule has 0 aliphatic rings. The van der Waals surface area contributed by atoms with Gasteiger partial charge in [-0.05, 0) is 44.9 Å². The van der Waals surface area contributed by atoms with E-state index in [1.165, 1.54) is 22.3 Å². The van der Waals surface area contributed by atoms with Gasteiger partial charge in [-0.15, -0.1) is 0 Å². The first-order valence-electron chi connectivity index (χ1n) is 7.06. The topological polar surface area (TPSA) is 51.8 Å². The van der Waals surface area contributed by atoms with E-state index in [-0.39, 0.29) is 5.92 Å². The molecule has 0 fully saturated rings. The second-order valence-electron chi connectivity index (χ2n) is 5.66. The third kappa shape index (κ3) is 2.88. The van der Waals surface area contributed by atoms with Gasteiger partial charge in [0.1, 0.15) is 5.82 Å². The maximum Gasteiger partial charge on any atom is 0.133 e. The molecule has 0 aliphatic heterocycles. The standard InChI is InChI=1S/C17H23N3/c1-10-6-11(2)16(12(3)7-10)15-8-14(5)19-17(20-15)13(4)9-18/h6-8,13H,9,18H2,1-5H3. The molecule has 2 aromatic rings. The Labute approximate surface area is 121 Å². The van der Waals surface area contributed by atoms with Crippen molar-refractivity contribution in [3.05, 3.63) is 46.4 Å². The zero-order valence-corrected chi connectivity index (χ0v) is 13.0. The number of nitrogens with two attached hydrogens (primary N) is 1. The van der Waals surface area contributed by atoms with Crippen LogP contribution in [-0.4, -0.2) is 16.5 Å². The van der Waals surface area contributed by atoms with Crippen LogP contribution in [0, 0.1) is 27.7 Å². The predicted molar refractivity (Wildman–Crippen MR) is 83.9 cm³/mol. The summed E-state index contributed by atoms with van der Waals surface area (Å²) in [6, 6.07) is 6.45. The molecule has 1 heterocycles. The number of benzene rings is 1. The van der Waals surface area contributed by atoms with Crippen LogP contribution in [-0.2, 0) is 0 Å². The number of aromatic nitrogens is 2. The van der Waals surface area contributed by atoms with Gasteiger partial charge >= 0.3 is 0 Å². The Morgan fingerprint density at radius 1 is 1.00 bits per heavy atom. The largest absolute Gasteiger partial charge is 0.330 e. The molecule has 0 bridgehead atoms. The molecule has 1 aromatic heterocycles. The Kier molecular flexibility index (Phi) is 4.19. The van der Waals surface area contributed by atoms with Crippen LogP contribution < -0.4 is 5.73 Å². The van der Waals surface area contributed by atoms with Gasteiger partial charge in [0.05, 0.1) is 5.69 Å². The molecular formula is C17H23N3. The minimum atomic E-state index is 0.180. The molecule has 1 unspecified atom stereocenters. The van der Waals surface area contributed by atoms with Crippen molar-refractivity contribution in [3.63, 3.8) is 0 Å². The average Bonchev–Trinajstić information content (AvgIpc) is 2.35. The van der Waals surface area contributed by atoms with Crippen molar-refractivity contribution in [1.29, 1.82) is 0 Å². The number of hydrogen-bond donors (Lipinski definition) is 1. The van der Waals surface area contributed by atoms with Crippen molar-refractivity contribution in [3.8, 4) is 11.3 Å². The van der Waals surface area contributed by atoms with Crippen LogP contribution in [0.1, 0.15) is 41.1 Å². The van der Waals surface area contributed by atoms with Gasteiger partial charge in [-0.3, -0.25) is 0 Å². The molecular weight excluding hydrogens is 246 g/mol. The molecule has 0 saturated carbocycles. The molecule has 0 spiro atoms. The van der Waals surface area contributed by atoms with E-state index in [1.807, 2.05) is 6.92 Å². The maximum atomic E-state index is 5.74. The van der Waals surface area contributed by atoms with E-state index >= 15 is 0 Å². The average molecular weight is 269 g/mol. The Hall–Kier alpha value is -1.74. The Bertz CT molecular complexity index is 609. The van der Waals surface area contributed by atoms with Crippen LogP contribution in [0.4, 0.5) is 0 Å². The van der Waals surface area contributed by atoms with Crippen molar-refractivity contribution in [2.45, 2.75) is 40.5 Å². The summed E-state index contributed by atoms with van der Waals surface area (Å²) in [4.78, 5) is 9.25. The summed E-state index contributed by atoms with van der Waals surface area (Å²) in [6.45, 7) is 11.0. The number of aryl methyl sites for hydroxylation is 4. The second kappa shape index (κ2) is 5.71. The summed E-state index contributed by atoms with van der Waals surface area (Å²) in [7, 11) is 0. The molecule has 0 saturated heterocycles. The molecule has 0 radical (unpaired) electrons. The van der Waals surface area contributed by atoms with E-state index in [9.17, 15) is 0 Å². The number of hydrogen-bond acceptors (Lipinski definition) is 3. The quantitative estimate of drug-likeness (QED) is 0.928. The van der Waals surface area contributed by atoms with Crippen LogP contribution in [0.2, 0.25) is 0 Å². The second-order valence-corrected chi connectivity index (χ2v) is 5.66. The molecule has 0 aliphatic carbocycles. The van der Waals surface area contributed by atoms with E-state index in [0.29, 0.717) is 6.54 Å². The van der Waals surface area contributed by atoms with E-state index in [2.05, 4.69) is 50.9 Å². The van der Waals surface area contributed by atoms with E-state index in [4.69, 9.17) is 10.7 Å². The third-order valence-corrected chi connectivity index (χ3v) is 3.60. The SMILES string of the molecule is Cc1cc(C)c(-c2cc(C)nc(C(C)CN)n2)c(C)c1. The Balaban J connectivity index is 2.61. The van der Waals surface area contributed by atoms with Crippen molar-refractivity contribution in [1.82, 2.24) is 9.97 Å². The minimum Gasteiger partial charge on any atom is -0.330 e. The molecule has 0 amide bonds. The summed E-state index contributed by atoms with van der Waals surface area (Å²) in [5, 5.41) is 0. The summed E-state index contributed by atoms with van der Waals surface area (Å²) in [6.07, 6.45) is 0. The monoisotopic (exact) mass is 269 g/mol. The highest BCUT2D eigenvalue weighted by Crippen LogP contribution is 2.28. The zero-order valence-electron chi connectivity index (χ0n) is 13.0. The highest BCUT2D eigenvalue weighted by molar-refractivity contribution is 5.68. The zero-order chi connectivity index (χ0) is 14.9. The molecule has 2 N–H and O–H groups in total. The number of rotatable bonds is 3. The summed E-state index contributed by atoms with van der Waals surface area (Å²) < 4.78 is 0. The first-order valence-corrected chi connectivity index (χ1v) is 7.06. The van der Waals surface area contributed by atoms with Gasteiger partial charge in [-0.1, -0.05) is 24.6 Å². The fourth-order valence-electron chi connectivity index (χ4n) is 2.63. The van der Waals surface area contributed by atoms with Gasteiger partial charge in [-0.2, -0.15) is 0 Å². The molecule has 1 atom stereocenters. The lowest BCUT2D eigenvalue weighted by molar-refractivity contribution is 0.708. The van der Waals surface area contributed by atoms with Gasteiger partial charge in [0.25, 0.3) is 0 Å². The number of nitrogens with zero attached hydrogens (tertiary/aromatic N) is 2. The van der Waals surface area contributed by atoms with Crippen molar-refractivity contribution < 1.29 is 0 Å². The lowest BCUT2D eigenvalue weighted by atomic mass is 9.96. The van der Waals surface area contributed by atoms with Gasteiger partial charge < -0.3 is 5.73 Å². The first-order chi connectivity index (χ1) is 9.42. The lowest BCUT2D eigenvalue weighted by Gasteiger charge is -2.14. The highest BCUT2D eigenvalue weighted by Gasteiger charge is 2.13. The molecule has 1 aromatic carbocycles. The summed E-state index contributed by atoms with van der Waals surface area (Å²) >= 11 is 0. The molecule has 3 nitrogen and oxygen atoms in total. The Morgan fingerprint density at radius 3 is 2.15 bits per heavy atom. The highest BCUT2D eigenvalue weighted by atomic mass is 14.9. The van der Waals surface area contributed by atoms with Crippen LogP contribution >= 0.6 is 0 Å². The lowest BCUT2D eigenvalue weighted by Crippen LogP contribution is -2.13. The minimum absolute atomic E-state index is 0.180. The van der Waals surface area contributed by atoms with E-state index < -0.39 is 0 Å². The van der Waals surface area contributed by atoms with Crippen molar-refractivity contribution in [2.24, 2.45) is 5.73 Å².